The van der Waals surface area contributed by atoms with Crippen LogP contribution in [0.25, 0.3) is 0 Å². The summed E-state index contributed by atoms with van der Waals surface area (Å²) in [5.74, 6) is -0.627. The van der Waals surface area contributed by atoms with E-state index in [1.54, 1.807) is 0 Å². The summed E-state index contributed by atoms with van der Waals surface area (Å²) in [6.45, 7) is 1.40. The summed E-state index contributed by atoms with van der Waals surface area (Å²) < 4.78 is 13.6. The molecule has 1 fully saturated rings. The van der Waals surface area contributed by atoms with E-state index in [0.717, 1.165) is 25.0 Å². The summed E-state index contributed by atoms with van der Waals surface area (Å²) >= 11 is 5.62. The summed E-state index contributed by atoms with van der Waals surface area (Å²) in [6.07, 6.45) is 1.87. The van der Waals surface area contributed by atoms with E-state index in [1.807, 2.05) is 11.9 Å². The monoisotopic (exact) mass is 287 g/mol. The van der Waals surface area contributed by atoms with Crippen LogP contribution in [0.3, 0.4) is 0 Å². The molecule has 1 N–H and O–H groups in total. The van der Waals surface area contributed by atoms with Gasteiger partial charge in [-0.1, -0.05) is 11.6 Å². The molecule has 0 radical (unpaired) electrons. The van der Waals surface area contributed by atoms with Gasteiger partial charge in [-0.3, -0.25) is 10.1 Å². The number of benzene rings is 1. The molecule has 0 spiro atoms. The molecule has 1 aliphatic heterocycles. The van der Waals surface area contributed by atoms with E-state index in [0.29, 0.717) is 18.8 Å². The van der Waals surface area contributed by atoms with Gasteiger partial charge in [0, 0.05) is 31.3 Å². The molecule has 0 bridgehead atoms. The van der Waals surface area contributed by atoms with Crippen LogP contribution in [0.5, 0.6) is 0 Å². The van der Waals surface area contributed by atoms with Crippen molar-refractivity contribution in [2.24, 2.45) is 0 Å². The molecule has 5 nitrogen and oxygen atoms in total. The number of rotatable bonds is 4. The van der Waals surface area contributed by atoms with Gasteiger partial charge < -0.3 is 10.2 Å². The smallest absolute Gasteiger partial charge is 0.294 e. The highest BCUT2D eigenvalue weighted by Gasteiger charge is 2.30. The molecule has 1 saturated heterocycles. The minimum absolute atomic E-state index is 0.143. The minimum Gasteiger partial charge on any atom is -0.362 e. The zero-order valence-corrected chi connectivity index (χ0v) is 11.3. The van der Waals surface area contributed by atoms with E-state index in [9.17, 15) is 14.5 Å². The molecule has 0 aromatic heterocycles. The highest BCUT2D eigenvalue weighted by Crippen LogP contribution is 2.36. The first-order chi connectivity index (χ1) is 9.04. The molecule has 0 saturated carbocycles. The van der Waals surface area contributed by atoms with E-state index in [2.05, 4.69) is 5.32 Å². The Bertz CT molecular complexity index is 498. The number of nitrogens with one attached hydrogen (secondary N) is 1. The molecule has 0 aliphatic carbocycles. The molecule has 19 heavy (non-hydrogen) atoms. The number of nitro groups is 1. The van der Waals surface area contributed by atoms with Crippen molar-refractivity contribution in [1.29, 1.82) is 0 Å². The summed E-state index contributed by atoms with van der Waals surface area (Å²) in [6, 6.07) is 2.39. The number of nitrogens with zero attached hydrogens (tertiary/aromatic N) is 2. The Morgan fingerprint density at radius 3 is 3.00 bits per heavy atom. The fraction of sp³-hybridized carbons (Fsp3) is 0.500. The molecule has 1 aromatic rings. The Morgan fingerprint density at radius 1 is 1.63 bits per heavy atom. The molecule has 1 aliphatic rings. The van der Waals surface area contributed by atoms with Crippen LogP contribution in [0, 0.1) is 15.9 Å². The maximum Gasteiger partial charge on any atom is 0.294 e. The van der Waals surface area contributed by atoms with Crippen LogP contribution in [-0.2, 0) is 0 Å². The Morgan fingerprint density at radius 2 is 2.37 bits per heavy atom. The average Bonchev–Trinajstić information content (AvgIpc) is 2.80. The lowest BCUT2D eigenvalue weighted by Crippen LogP contribution is -2.37. The maximum absolute atomic E-state index is 13.6. The largest absolute Gasteiger partial charge is 0.362 e. The van der Waals surface area contributed by atoms with Crippen molar-refractivity contribution in [3.63, 3.8) is 0 Å². The molecule has 0 amide bonds. The molecule has 104 valence electrons. The fourth-order valence-electron chi connectivity index (χ4n) is 2.50. The van der Waals surface area contributed by atoms with Gasteiger partial charge in [0.25, 0.3) is 5.69 Å². The predicted octanol–water partition coefficient (Wildman–Crippen LogP) is 2.58. The highest BCUT2D eigenvalue weighted by molar-refractivity contribution is 6.31. The first-order valence-electron chi connectivity index (χ1n) is 6.09. The van der Waals surface area contributed by atoms with Gasteiger partial charge in [0.05, 0.1) is 9.95 Å². The zero-order valence-electron chi connectivity index (χ0n) is 10.5. The first kappa shape index (κ1) is 14.0. The van der Waals surface area contributed by atoms with Gasteiger partial charge in [-0.05, 0) is 19.9 Å². The Balaban J connectivity index is 2.42. The van der Waals surface area contributed by atoms with E-state index >= 15 is 0 Å². The van der Waals surface area contributed by atoms with E-state index in [1.165, 1.54) is 0 Å². The summed E-state index contributed by atoms with van der Waals surface area (Å²) in [7, 11) is 1.83. The third-order valence-electron chi connectivity index (χ3n) is 3.34. The summed E-state index contributed by atoms with van der Waals surface area (Å²) in [5.41, 5.74) is 0.166. The predicted molar refractivity (Wildman–Crippen MR) is 72.4 cm³/mol. The van der Waals surface area contributed by atoms with E-state index in [4.69, 9.17) is 11.6 Å². The normalized spacial score (nSPS) is 18.9. The van der Waals surface area contributed by atoms with Crippen molar-refractivity contribution >= 4 is 23.0 Å². The molecular weight excluding hydrogens is 273 g/mol. The molecule has 1 heterocycles. The average molecular weight is 288 g/mol. The molecular formula is C12H15ClFN3O2. The molecule has 2 rings (SSSR count). The van der Waals surface area contributed by atoms with Gasteiger partial charge >= 0.3 is 0 Å². The summed E-state index contributed by atoms with van der Waals surface area (Å²) in [4.78, 5) is 12.5. The zero-order chi connectivity index (χ0) is 14.0. The van der Waals surface area contributed by atoms with Crippen molar-refractivity contribution in [3.05, 3.63) is 33.1 Å². The number of hydrogen-bond acceptors (Lipinski definition) is 4. The van der Waals surface area contributed by atoms with Crippen LogP contribution in [0.15, 0.2) is 12.1 Å². The van der Waals surface area contributed by atoms with Gasteiger partial charge in [-0.2, -0.15) is 0 Å². The molecule has 1 atom stereocenters. The van der Waals surface area contributed by atoms with Crippen molar-refractivity contribution in [2.75, 3.05) is 25.0 Å². The van der Waals surface area contributed by atoms with Crippen LogP contribution in [-0.4, -0.2) is 31.1 Å². The fourth-order valence-corrected chi connectivity index (χ4v) is 2.66. The third-order valence-corrected chi connectivity index (χ3v) is 3.63. The van der Waals surface area contributed by atoms with Crippen LogP contribution in [0.1, 0.15) is 12.8 Å². The second kappa shape index (κ2) is 5.71. The lowest BCUT2D eigenvalue weighted by molar-refractivity contribution is -0.384. The standard InChI is InChI=1S/C12H15ClFN3O2/c1-15-7-8-3-2-4-16(8)11-6-10(14)9(13)5-12(11)17(18)19/h5-6,8,15H,2-4,7H2,1H3. The Hall–Kier alpha value is -1.40. The van der Waals surface area contributed by atoms with Crippen LogP contribution >= 0.6 is 11.6 Å². The summed E-state index contributed by atoms with van der Waals surface area (Å²) in [5, 5.41) is 13.9. The number of likely N-dealkylation sites (N-methyl/N-ethyl adjacent to an activating group) is 1. The third kappa shape index (κ3) is 2.79. The minimum atomic E-state index is -0.627. The highest BCUT2D eigenvalue weighted by atomic mass is 35.5. The second-order valence-electron chi connectivity index (χ2n) is 4.56. The number of nitro benzene ring substituents is 1. The van der Waals surface area contributed by atoms with E-state index in [-0.39, 0.29) is 16.8 Å². The topological polar surface area (TPSA) is 58.4 Å². The second-order valence-corrected chi connectivity index (χ2v) is 4.97. The lowest BCUT2D eigenvalue weighted by atomic mass is 10.2. The number of hydrogen-bond donors (Lipinski definition) is 1. The first-order valence-corrected chi connectivity index (χ1v) is 6.47. The van der Waals surface area contributed by atoms with Crippen LogP contribution in [0.2, 0.25) is 5.02 Å². The van der Waals surface area contributed by atoms with Gasteiger partial charge in [-0.15, -0.1) is 0 Å². The number of anilines is 1. The molecule has 1 unspecified atom stereocenters. The van der Waals surface area contributed by atoms with Gasteiger partial charge in [0.2, 0.25) is 0 Å². The van der Waals surface area contributed by atoms with Gasteiger partial charge in [0.1, 0.15) is 11.5 Å². The van der Waals surface area contributed by atoms with Crippen molar-refractivity contribution < 1.29 is 9.31 Å². The van der Waals surface area contributed by atoms with Crippen LogP contribution in [0.4, 0.5) is 15.8 Å². The Kier molecular flexibility index (Phi) is 4.21. The SMILES string of the molecule is CNCC1CCCN1c1cc(F)c(Cl)cc1[N+](=O)[O-]. The molecule has 1 aromatic carbocycles. The van der Waals surface area contributed by atoms with Crippen molar-refractivity contribution in [1.82, 2.24) is 5.32 Å². The quantitative estimate of drug-likeness (QED) is 0.683. The lowest BCUT2D eigenvalue weighted by Gasteiger charge is -2.26. The Labute approximate surface area is 115 Å². The molecule has 7 heteroatoms. The van der Waals surface area contributed by atoms with E-state index < -0.39 is 10.7 Å². The van der Waals surface area contributed by atoms with Crippen molar-refractivity contribution in [3.8, 4) is 0 Å². The van der Waals surface area contributed by atoms with Gasteiger partial charge in [-0.25, -0.2) is 4.39 Å². The number of halogens is 2. The maximum atomic E-state index is 13.6. The van der Waals surface area contributed by atoms with Gasteiger partial charge in [0.15, 0.2) is 0 Å². The van der Waals surface area contributed by atoms with Crippen molar-refractivity contribution in [2.45, 2.75) is 18.9 Å². The van der Waals surface area contributed by atoms with Crippen LogP contribution < -0.4 is 10.2 Å².